The molecule has 0 bridgehead atoms. The molecule has 3 rings (SSSR count). The molecular weight excluding hydrogens is 298 g/mol. The van der Waals surface area contributed by atoms with Gasteiger partial charge in [-0.15, -0.1) is 0 Å². The van der Waals surface area contributed by atoms with E-state index < -0.39 is 0 Å². The number of benzene rings is 2. The van der Waals surface area contributed by atoms with Crippen molar-refractivity contribution in [1.29, 1.82) is 0 Å². The van der Waals surface area contributed by atoms with Crippen molar-refractivity contribution in [2.24, 2.45) is 0 Å². The zero-order valence-corrected chi connectivity index (χ0v) is 14.1. The van der Waals surface area contributed by atoms with E-state index >= 15 is 0 Å². The molecule has 24 heavy (non-hydrogen) atoms. The van der Waals surface area contributed by atoms with Crippen LogP contribution in [0.4, 0.5) is 23.3 Å². The van der Waals surface area contributed by atoms with Crippen LogP contribution in [0.3, 0.4) is 0 Å². The van der Waals surface area contributed by atoms with Crippen molar-refractivity contribution in [3.8, 4) is 0 Å². The predicted molar refractivity (Wildman–Crippen MR) is 98.0 cm³/mol. The van der Waals surface area contributed by atoms with Gasteiger partial charge in [0.1, 0.15) is 5.82 Å². The van der Waals surface area contributed by atoms with E-state index in [0.717, 1.165) is 17.2 Å². The van der Waals surface area contributed by atoms with Crippen molar-refractivity contribution in [3.05, 3.63) is 66.5 Å². The molecule has 0 fully saturated rings. The molecule has 122 valence electrons. The molecule has 0 spiro atoms. The first-order chi connectivity index (χ1) is 11.5. The fourth-order valence-corrected chi connectivity index (χ4v) is 2.12. The van der Waals surface area contributed by atoms with E-state index in [4.69, 9.17) is 0 Å². The number of para-hydroxylation sites is 2. The van der Waals surface area contributed by atoms with Gasteiger partial charge < -0.3 is 10.6 Å². The number of nitrogens with one attached hydrogen (secondary N) is 2. The van der Waals surface area contributed by atoms with Gasteiger partial charge in [-0.1, -0.05) is 57.2 Å². The molecule has 0 unspecified atom stereocenters. The van der Waals surface area contributed by atoms with Crippen molar-refractivity contribution in [2.45, 2.75) is 26.2 Å². The lowest BCUT2D eigenvalue weighted by Crippen LogP contribution is -2.18. The van der Waals surface area contributed by atoms with Crippen LogP contribution in [0.1, 0.15) is 26.6 Å². The van der Waals surface area contributed by atoms with Crippen molar-refractivity contribution in [3.63, 3.8) is 0 Å². The molecule has 0 radical (unpaired) electrons. The summed E-state index contributed by atoms with van der Waals surface area (Å²) >= 11 is 0. The zero-order chi connectivity index (χ0) is 17.0. The summed E-state index contributed by atoms with van der Waals surface area (Å²) in [7, 11) is 0. The molecule has 2 N–H and O–H groups in total. The summed E-state index contributed by atoms with van der Waals surface area (Å²) in [5.41, 5.74) is 1.70. The van der Waals surface area contributed by atoms with E-state index in [0.29, 0.717) is 11.9 Å². The van der Waals surface area contributed by atoms with Gasteiger partial charge in [-0.05, 0) is 24.3 Å². The Labute approximate surface area is 142 Å². The highest BCUT2D eigenvalue weighted by Gasteiger charge is 2.20. The Bertz CT molecular complexity index is 735. The summed E-state index contributed by atoms with van der Waals surface area (Å²) in [4.78, 5) is 13.6. The van der Waals surface area contributed by atoms with Crippen LogP contribution in [0, 0.1) is 0 Å². The minimum atomic E-state index is -0.177. The Morgan fingerprint density at radius 1 is 0.625 bits per heavy atom. The maximum Gasteiger partial charge on any atom is 0.232 e. The largest absolute Gasteiger partial charge is 0.324 e. The first-order valence-electron chi connectivity index (χ1n) is 7.91. The Hall–Kier alpha value is -2.95. The Balaban J connectivity index is 1.94. The van der Waals surface area contributed by atoms with E-state index in [1.807, 2.05) is 60.7 Å². The van der Waals surface area contributed by atoms with Crippen LogP contribution >= 0.6 is 0 Å². The molecule has 0 aliphatic carbocycles. The topological polar surface area (TPSA) is 62.7 Å². The monoisotopic (exact) mass is 319 g/mol. The average Bonchev–Trinajstić information content (AvgIpc) is 2.56. The zero-order valence-electron chi connectivity index (χ0n) is 14.1. The SMILES string of the molecule is CC(C)(C)c1nc(Nc2ccccc2)nc(Nc2ccccc2)n1. The highest BCUT2D eigenvalue weighted by atomic mass is 15.2. The smallest absolute Gasteiger partial charge is 0.232 e. The van der Waals surface area contributed by atoms with Crippen molar-refractivity contribution in [2.75, 3.05) is 10.6 Å². The molecule has 0 aliphatic heterocycles. The molecule has 0 amide bonds. The number of hydrogen-bond acceptors (Lipinski definition) is 5. The molecule has 3 aromatic rings. The third-order valence-electron chi connectivity index (χ3n) is 3.37. The second-order valence-corrected chi connectivity index (χ2v) is 6.54. The van der Waals surface area contributed by atoms with Gasteiger partial charge in [-0.25, -0.2) is 0 Å². The normalized spacial score (nSPS) is 11.1. The molecule has 0 aliphatic rings. The fraction of sp³-hybridized carbons (Fsp3) is 0.211. The van der Waals surface area contributed by atoms with Crippen LogP contribution in [0.2, 0.25) is 0 Å². The first kappa shape index (κ1) is 15.9. The molecule has 5 nitrogen and oxygen atoms in total. The first-order valence-corrected chi connectivity index (χ1v) is 7.91. The van der Waals surface area contributed by atoms with Crippen LogP contribution in [0.15, 0.2) is 60.7 Å². The molecule has 0 saturated carbocycles. The van der Waals surface area contributed by atoms with Crippen LogP contribution in [-0.2, 0) is 5.41 Å². The molecular formula is C19H21N5. The average molecular weight is 319 g/mol. The highest BCUT2D eigenvalue weighted by molar-refractivity contribution is 5.57. The molecule has 1 heterocycles. The van der Waals surface area contributed by atoms with E-state index in [2.05, 4.69) is 46.4 Å². The summed E-state index contributed by atoms with van der Waals surface area (Å²) in [5.74, 6) is 1.79. The van der Waals surface area contributed by atoms with Crippen LogP contribution < -0.4 is 10.6 Å². The third kappa shape index (κ3) is 4.07. The number of aromatic nitrogens is 3. The Morgan fingerprint density at radius 3 is 1.42 bits per heavy atom. The second kappa shape index (κ2) is 6.66. The number of hydrogen-bond donors (Lipinski definition) is 2. The molecule has 5 heteroatoms. The van der Waals surface area contributed by atoms with Gasteiger partial charge in [0.15, 0.2) is 0 Å². The number of rotatable bonds is 4. The predicted octanol–water partition coefficient (Wildman–Crippen LogP) is 4.66. The Kier molecular flexibility index (Phi) is 4.42. The summed E-state index contributed by atoms with van der Waals surface area (Å²) < 4.78 is 0. The van der Waals surface area contributed by atoms with Crippen molar-refractivity contribution in [1.82, 2.24) is 15.0 Å². The van der Waals surface area contributed by atoms with E-state index in [1.54, 1.807) is 0 Å². The lowest BCUT2D eigenvalue weighted by Gasteiger charge is -2.18. The minimum absolute atomic E-state index is 0.177. The maximum atomic E-state index is 4.57. The van der Waals surface area contributed by atoms with Gasteiger partial charge >= 0.3 is 0 Å². The minimum Gasteiger partial charge on any atom is -0.324 e. The number of nitrogens with zero attached hydrogens (tertiary/aromatic N) is 3. The Morgan fingerprint density at radius 2 is 1.04 bits per heavy atom. The van der Waals surface area contributed by atoms with Crippen LogP contribution in [-0.4, -0.2) is 15.0 Å². The fourth-order valence-electron chi connectivity index (χ4n) is 2.12. The molecule has 0 atom stereocenters. The number of anilines is 4. The van der Waals surface area contributed by atoms with Gasteiger partial charge in [0.05, 0.1) is 0 Å². The summed E-state index contributed by atoms with van der Waals surface area (Å²) in [6.45, 7) is 6.25. The summed E-state index contributed by atoms with van der Waals surface area (Å²) in [5, 5.41) is 6.48. The maximum absolute atomic E-state index is 4.57. The van der Waals surface area contributed by atoms with Crippen molar-refractivity contribution < 1.29 is 0 Å². The summed E-state index contributed by atoms with van der Waals surface area (Å²) in [6.07, 6.45) is 0. The van der Waals surface area contributed by atoms with Crippen molar-refractivity contribution >= 4 is 23.3 Å². The van der Waals surface area contributed by atoms with Crippen LogP contribution in [0.5, 0.6) is 0 Å². The molecule has 2 aromatic carbocycles. The van der Waals surface area contributed by atoms with Gasteiger partial charge in [-0.2, -0.15) is 15.0 Å². The van der Waals surface area contributed by atoms with Gasteiger partial charge in [0, 0.05) is 16.8 Å². The molecule has 0 saturated heterocycles. The van der Waals surface area contributed by atoms with Crippen LogP contribution in [0.25, 0.3) is 0 Å². The van der Waals surface area contributed by atoms with Gasteiger partial charge in [0.2, 0.25) is 11.9 Å². The highest BCUT2D eigenvalue weighted by Crippen LogP contribution is 2.23. The third-order valence-corrected chi connectivity index (χ3v) is 3.37. The van der Waals surface area contributed by atoms with Gasteiger partial charge in [-0.3, -0.25) is 0 Å². The van der Waals surface area contributed by atoms with E-state index in [1.165, 1.54) is 0 Å². The van der Waals surface area contributed by atoms with E-state index in [9.17, 15) is 0 Å². The van der Waals surface area contributed by atoms with E-state index in [-0.39, 0.29) is 5.41 Å². The molecule has 1 aromatic heterocycles. The lowest BCUT2D eigenvalue weighted by atomic mass is 9.96. The second-order valence-electron chi connectivity index (χ2n) is 6.54. The summed E-state index contributed by atoms with van der Waals surface area (Å²) in [6, 6.07) is 19.7. The van der Waals surface area contributed by atoms with Gasteiger partial charge in [0.25, 0.3) is 0 Å². The quantitative estimate of drug-likeness (QED) is 0.732. The standard InChI is InChI=1S/C19H21N5/c1-19(2,3)16-22-17(20-14-10-6-4-7-11-14)24-18(23-16)21-15-12-8-5-9-13-15/h4-13H,1-3H3,(H2,20,21,22,23,24). The lowest BCUT2D eigenvalue weighted by molar-refractivity contribution is 0.544.